The van der Waals surface area contributed by atoms with Crippen LogP contribution >= 0.6 is 0 Å². The molecule has 2 unspecified atom stereocenters. The van der Waals surface area contributed by atoms with Gasteiger partial charge in [-0.15, -0.1) is 5.10 Å². The lowest BCUT2D eigenvalue weighted by Gasteiger charge is -2.30. The molecule has 0 aliphatic carbocycles. The van der Waals surface area contributed by atoms with Gasteiger partial charge in [0.15, 0.2) is 0 Å². The summed E-state index contributed by atoms with van der Waals surface area (Å²) in [6.07, 6.45) is 1.83. The summed E-state index contributed by atoms with van der Waals surface area (Å²) in [6, 6.07) is 5.43. The van der Waals surface area contributed by atoms with E-state index in [2.05, 4.69) is 15.4 Å². The number of aromatic amines is 1. The highest BCUT2D eigenvalue weighted by molar-refractivity contribution is 6.06. The van der Waals surface area contributed by atoms with Crippen molar-refractivity contribution in [2.75, 3.05) is 13.1 Å². The van der Waals surface area contributed by atoms with Gasteiger partial charge < -0.3 is 21.5 Å². The molecule has 1 heterocycles. The van der Waals surface area contributed by atoms with E-state index in [4.69, 9.17) is 11.5 Å². The quantitative estimate of drug-likeness (QED) is 0.238. The lowest BCUT2D eigenvalue weighted by molar-refractivity contribution is 0.0750. The van der Waals surface area contributed by atoms with E-state index in [1.807, 2.05) is 13.8 Å². The molecule has 0 aliphatic heterocycles. The SMILES string of the molecule is CCCN(CCC)C(=O)c1cc(C(N)=O)cc(C(N)=O)c1C(Cc1cc(F)cc(F)c1)C(O)CCc1cnn[nH]1. The highest BCUT2D eigenvalue weighted by Gasteiger charge is 2.33. The summed E-state index contributed by atoms with van der Waals surface area (Å²) in [5.74, 6) is -4.98. The Morgan fingerprint density at radius 1 is 0.975 bits per heavy atom. The summed E-state index contributed by atoms with van der Waals surface area (Å²) >= 11 is 0. The van der Waals surface area contributed by atoms with Crippen molar-refractivity contribution in [3.63, 3.8) is 0 Å². The van der Waals surface area contributed by atoms with E-state index in [1.165, 1.54) is 18.3 Å². The fourth-order valence-electron chi connectivity index (χ4n) is 4.86. The van der Waals surface area contributed by atoms with E-state index in [0.717, 1.165) is 18.2 Å². The van der Waals surface area contributed by atoms with Gasteiger partial charge >= 0.3 is 0 Å². The van der Waals surface area contributed by atoms with E-state index >= 15 is 0 Å². The van der Waals surface area contributed by atoms with Gasteiger partial charge in [-0.3, -0.25) is 19.5 Å². The molecule has 3 rings (SSSR count). The van der Waals surface area contributed by atoms with Gasteiger partial charge in [-0.25, -0.2) is 8.78 Å². The number of carbonyl (C=O) groups is 3. The maximum absolute atomic E-state index is 14.1. The third kappa shape index (κ3) is 7.47. The van der Waals surface area contributed by atoms with Crippen molar-refractivity contribution < 1.29 is 28.3 Å². The van der Waals surface area contributed by atoms with Crippen LogP contribution in [0.15, 0.2) is 36.5 Å². The van der Waals surface area contributed by atoms with Gasteiger partial charge in [0, 0.05) is 41.8 Å². The van der Waals surface area contributed by atoms with E-state index in [0.29, 0.717) is 38.0 Å². The molecule has 2 aromatic carbocycles. The Labute approximate surface area is 230 Å². The predicted octanol–water partition coefficient (Wildman–Crippen LogP) is 2.86. The van der Waals surface area contributed by atoms with Crippen molar-refractivity contribution >= 4 is 17.7 Å². The second-order valence-electron chi connectivity index (χ2n) is 9.68. The highest BCUT2D eigenvalue weighted by atomic mass is 19.1. The number of benzene rings is 2. The van der Waals surface area contributed by atoms with Crippen LogP contribution in [0.4, 0.5) is 8.78 Å². The Kier molecular flexibility index (Phi) is 10.4. The molecule has 40 heavy (non-hydrogen) atoms. The summed E-state index contributed by atoms with van der Waals surface area (Å²) in [6.45, 7) is 4.60. The molecule has 0 spiro atoms. The zero-order valence-electron chi connectivity index (χ0n) is 22.5. The molecular formula is C28H34F2N6O4. The maximum Gasteiger partial charge on any atom is 0.254 e. The normalized spacial score (nSPS) is 12.6. The molecule has 0 bridgehead atoms. The number of halogens is 2. The number of hydrogen-bond donors (Lipinski definition) is 4. The van der Waals surface area contributed by atoms with Crippen LogP contribution in [0.1, 0.15) is 86.9 Å². The molecule has 12 heteroatoms. The number of aromatic nitrogens is 3. The molecule has 0 aliphatic rings. The second-order valence-corrected chi connectivity index (χ2v) is 9.68. The monoisotopic (exact) mass is 556 g/mol. The van der Waals surface area contributed by atoms with Gasteiger partial charge in [-0.2, -0.15) is 0 Å². The molecule has 1 aromatic heterocycles. The number of aryl methyl sites for hydroxylation is 1. The molecule has 2 atom stereocenters. The summed E-state index contributed by atoms with van der Waals surface area (Å²) in [5, 5.41) is 21.6. The summed E-state index contributed by atoms with van der Waals surface area (Å²) in [5.41, 5.74) is 11.8. The Morgan fingerprint density at radius 3 is 2.12 bits per heavy atom. The van der Waals surface area contributed by atoms with Crippen molar-refractivity contribution in [1.82, 2.24) is 20.3 Å². The number of nitrogens with one attached hydrogen (secondary N) is 1. The molecule has 10 nitrogen and oxygen atoms in total. The molecule has 0 saturated carbocycles. The van der Waals surface area contributed by atoms with Crippen LogP contribution in [0.5, 0.6) is 0 Å². The number of carbonyl (C=O) groups excluding carboxylic acids is 3. The Hall–Kier alpha value is -4.19. The fraction of sp³-hybridized carbons (Fsp3) is 0.393. The van der Waals surface area contributed by atoms with Crippen molar-refractivity contribution in [1.29, 1.82) is 0 Å². The molecule has 0 fully saturated rings. The van der Waals surface area contributed by atoms with Crippen LogP contribution in [0.25, 0.3) is 0 Å². The highest BCUT2D eigenvalue weighted by Crippen LogP contribution is 2.34. The molecule has 3 amide bonds. The molecular weight excluding hydrogens is 522 g/mol. The van der Waals surface area contributed by atoms with Gasteiger partial charge in [0.25, 0.3) is 5.91 Å². The first kappa shape index (κ1) is 30.4. The fourth-order valence-corrected chi connectivity index (χ4v) is 4.86. The Bertz CT molecular complexity index is 1320. The summed E-state index contributed by atoms with van der Waals surface area (Å²) in [4.78, 5) is 40.4. The van der Waals surface area contributed by atoms with E-state index in [-0.39, 0.29) is 40.7 Å². The molecule has 0 saturated heterocycles. The number of nitrogens with two attached hydrogens (primary N) is 2. The zero-order chi connectivity index (χ0) is 29.4. The van der Waals surface area contributed by atoms with Crippen molar-refractivity contribution in [2.24, 2.45) is 11.5 Å². The van der Waals surface area contributed by atoms with Crippen LogP contribution in [-0.4, -0.2) is 62.3 Å². The zero-order valence-corrected chi connectivity index (χ0v) is 22.5. The van der Waals surface area contributed by atoms with Crippen LogP contribution in [0, 0.1) is 11.6 Å². The van der Waals surface area contributed by atoms with Gasteiger partial charge in [0.1, 0.15) is 11.6 Å². The minimum Gasteiger partial charge on any atom is -0.392 e. The first-order chi connectivity index (χ1) is 19.0. The van der Waals surface area contributed by atoms with Crippen LogP contribution in [-0.2, 0) is 12.8 Å². The Balaban J connectivity index is 2.25. The predicted molar refractivity (Wildman–Crippen MR) is 143 cm³/mol. The number of amides is 3. The van der Waals surface area contributed by atoms with Crippen LogP contribution in [0.3, 0.4) is 0 Å². The number of aliphatic hydroxyl groups is 1. The third-order valence-corrected chi connectivity index (χ3v) is 6.62. The van der Waals surface area contributed by atoms with Crippen molar-refractivity contribution in [2.45, 2.75) is 58.0 Å². The third-order valence-electron chi connectivity index (χ3n) is 6.62. The van der Waals surface area contributed by atoms with Gasteiger partial charge in [-0.05, 0) is 67.5 Å². The van der Waals surface area contributed by atoms with Crippen molar-refractivity contribution in [3.05, 3.63) is 81.7 Å². The number of primary amides is 2. The van der Waals surface area contributed by atoms with E-state index in [9.17, 15) is 28.3 Å². The minimum absolute atomic E-state index is 0.0314. The molecule has 0 radical (unpaired) electrons. The van der Waals surface area contributed by atoms with Crippen molar-refractivity contribution in [3.8, 4) is 0 Å². The summed E-state index contributed by atoms with van der Waals surface area (Å²) in [7, 11) is 0. The van der Waals surface area contributed by atoms with E-state index < -0.39 is 41.4 Å². The largest absolute Gasteiger partial charge is 0.392 e. The molecule has 214 valence electrons. The van der Waals surface area contributed by atoms with E-state index in [1.54, 1.807) is 4.90 Å². The molecule has 3 aromatic rings. The summed E-state index contributed by atoms with van der Waals surface area (Å²) < 4.78 is 28.3. The first-order valence-electron chi connectivity index (χ1n) is 13.1. The van der Waals surface area contributed by atoms with Gasteiger partial charge in [-0.1, -0.05) is 19.1 Å². The van der Waals surface area contributed by atoms with Crippen LogP contribution in [0.2, 0.25) is 0 Å². The Morgan fingerprint density at radius 2 is 1.60 bits per heavy atom. The number of H-pyrrole nitrogens is 1. The maximum atomic E-state index is 14.1. The molecule has 6 N–H and O–H groups in total. The average molecular weight is 557 g/mol. The topological polar surface area (TPSA) is 168 Å². The van der Waals surface area contributed by atoms with Gasteiger partial charge in [0.2, 0.25) is 11.8 Å². The smallest absolute Gasteiger partial charge is 0.254 e. The number of nitrogens with zero attached hydrogens (tertiary/aromatic N) is 3. The number of aliphatic hydroxyl groups excluding tert-OH is 1. The van der Waals surface area contributed by atoms with Crippen LogP contribution < -0.4 is 11.5 Å². The van der Waals surface area contributed by atoms with Gasteiger partial charge in [0.05, 0.1) is 18.0 Å². The number of rotatable bonds is 14. The standard InChI is InChI=1S/C28H34F2N6O4/c1-3-7-36(8-4-2)28(40)23-13-17(26(31)38)12-22(27(32)39)25(23)21(11-16-9-18(29)14-19(30)10-16)24(37)6-5-20-15-33-35-34-20/h9-10,12-15,21,24,37H,3-8,11H2,1-2H3,(H2,31,38)(H2,32,39)(H,33,34,35). The second kappa shape index (κ2) is 13.7. The average Bonchev–Trinajstić information content (AvgIpc) is 3.42. The minimum atomic E-state index is -1.22. The lowest BCUT2D eigenvalue weighted by Crippen LogP contribution is -2.36. The first-order valence-corrected chi connectivity index (χ1v) is 13.1. The lowest BCUT2D eigenvalue weighted by atomic mass is 9.79. The number of hydrogen-bond acceptors (Lipinski definition) is 6.